The highest BCUT2D eigenvalue weighted by molar-refractivity contribution is 5.96. The van der Waals surface area contributed by atoms with E-state index in [4.69, 9.17) is 0 Å². The van der Waals surface area contributed by atoms with Crippen LogP contribution >= 0.6 is 0 Å². The minimum Gasteiger partial charge on any atom is -0.493 e. The van der Waals surface area contributed by atoms with Crippen molar-refractivity contribution in [3.63, 3.8) is 0 Å². The second kappa shape index (κ2) is 5.33. The van der Waals surface area contributed by atoms with E-state index in [1.54, 1.807) is 6.07 Å². The second-order valence-electron chi connectivity index (χ2n) is 5.06. The molecule has 0 bridgehead atoms. The first-order valence-electron chi connectivity index (χ1n) is 6.76. The number of hydrogen-bond acceptors (Lipinski definition) is 3. The summed E-state index contributed by atoms with van der Waals surface area (Å²) >= 11 is 0. The van der Waals surface area contributed by atoms with E-state index < -0.39 is 0 Å². The van der Waals surface area contributed by atoms with Crippen molar-refractivity contribution < 1.29 is 9.90 Å². The van der Waals surface area contributed by atoms with Crippen molar-refractivity contribution in [2.45, 2.75) is 25.3 Å². The summed E-state index contributed by atoms with van der Waals surface area (Å²) < 4.78 is 0. The molecule has 4 nitrogen and oxygen atoms in total. The number of aromatic hydroxyl groups is 1. The van der Waals surface area contributed by atoms with E-state index >= 15 is 0 Å². The minimum atomic E-state index is -0.100. The molecule has 0 fully saturated rings. The molecule has 2 aromatic rings. The van der Waals surface area contributed by atoms with E-state index in [2.05, 4.69) is 22.4 Å². The largest absolute Gasteiger partial charge is 0.493 e. The first-order valence-corrected chi connectivity index (χ1v) is 6.76. The molecular weight excluding hydrogens is 252 g/mol. The molecule has 102 valence electrons. The normalized spacial score (nSPS) is 17.4. The molecule has 4 heteroatoms. The number of nitrogens with one attached hydrogen (secondary N) is 1. The summed E-state index contributed by atoms with van der Waals surface area (Å²) in [5.74, 6) is -0.128. The van der Waals surface area contributed by atoms with Crippen molar-refractivity contribution in [2.24, 2.45) is 0 Å². The average molecular weight is 268 g/mol. The molecule has 1 aliphatic heterocycles. The molecule has 1 aromatic heterocycles. The van der Waals surface area contributed by atoms with Crippen LogP contribution in [0.25, 0.3) is 0 Å². The Kier molecular flexibility index (Phi) is 3.37. The van der Waals surface area contributed by atoms with Gasteiger partial charge in [-0.05, 0) is 24.5 Å². The van der Waals surface area contributed by atoms with Gasteiger partial charge in [-0.25, -0.2) is 4.98 Å². The lowest BCUT2D eigenvalue weighted by Gasteiger charge is -2.24. The molecule has 0 saturated heterocycles. The van der Waals surface area contributed by atoms with Gasteiger partial charge >= 0.3 is 0 Å². The van der Waals surface area contributed by atoms with Crippen molar-refractivity contribution in [3.05, 3.63) is 59.3 Å². The van der Waals surface area contributed by atoms with Crippen LogP contribution < -0.4 is 5.32 Å². The fourth-order valence-electron chi connectivity index (χ4n) is 2.56. The van der Waals surface area contributed by atoms with Crippen molar-refractivity contribution in [1.82, 2.24) is 10.3 Å². The summed E-state index contributed by atoms with van der Waals surface area (Å²) in [5, 5.41) is 12.4. The van der Waals surface area contributed by atoms with E-state index in [0.29, 0.717) is 17.7 Å². The van der Waals surface area contributed by atoms with Gasteiger partial charge in [-0.2, -0.15) is 0 Å². The fourth-order valence-corrected chi connectivity index (χ4v) is 2.56. The summed E-state index contributed by atoms with van der Waals surface area (Å²) in [6, 6.07) is 13.3. The summed E-state index contributed by atoms with van der Waals surface area (Å²) in [4.78, 5) is 16.0. The molecule has 0 radical (unpaired) electrons. The standard InChI is InChI=1S/C16H16N2O2/c19-15-9-8-13-14(18-15)10-12(17-16(13)20)7-6-11-4-2-1-3-5-11/h1-5,8-9,12H,6-7,10H2,(H,17,20)(H,18,19). The molecule has 1 atom stereocenters. The van der Waals surface area contributed by atoms with E-state index in [0.717, 1.165) is 12.8 Å². The van der Waals surface area contributed by atoms with Crippen molar-refractivity contribution >= 4 is 5.91 Å². The van der Waals surface area contributed by atoms with Gasteiger partial charge in [-0.3, -0.25) is 4.79 Å². The Labute approximate surface area is 117 Å². The van der Waals surface area contributed by atoms with Crippen LogP contribution in [0.2, 0.25) is 0 Å². The van der Waals surface area contributed by atoms with Gasteiger partial charge in [0.25, 0.3) is 5.91 Å². The highest BCUT2D eigenvalue weighted by atomic mass is 16.3. The maximum atomic E-state index is 12.0. The van der Waals surface area contributed by atoms with Crippen molar-refractivity contribution in [3.8, 4) is 5.88 Å². The molecule has 0 aliphatic carbocycles. The van der Waals surface area contributed by atoms with Crippen molar-refractivity contribution in [2.75, 3.05) is 0 Å². The molecular formula is C16H16N2O2. The van der Waals surface area contributed by atoms with Gasteiger partial charge in [0.15, 0.2) is 0 Å². The van der Waals surface area contributed by atoms with Gasteiger partial charge in [-0.1, -0.05) is 30.3 Å². The second-order valence-corrected chi connectivity index (χ2v) is 5.06. The molecule has 1 amide bonds. The van der Waals surface area contributed by atoms with E-state index in [-0.39, 0.29) is 17.8 Å². The summed E-state index contributed by atoms with van der Waals surface area (Å²) in [7, 11) is 0. The Balaban J connectivity index is 1.70. The zero-order valence-corrected chi connectivity index (χ0v) is 11.0. The van der Waals surface area contributed by atoms with E-state index in [9.17, 15) is 9.90 Å². The number of carbonyl (C=O) groups is 1. The predicted octanol–water partition coefficient (Wildman–Crippen LogP) is 2.07. The topological polar surface area (TPSA) is 62.2 Å². The number of hydrogen-bond donors (Lipinski definition) is 2. The Morgan fingerprint density at radius 3 is 2.80 bits per heavy atom. The predicted molar refractivity (Wildman–Crippen MR) is 75.6 cm³/mol. The number of pyridine rings is 1. The molecule has 1 aromatic carbocycles. The lowest BCUT2D eigenvalue weighted by atomic mass is 9.95. The number of carbonyl (C=O) groups excluding carboxylic acids is 1. The van der Waals surface area contributed by atoms with Crippen LogP contribution in [0.3, 0.4) is 0 Å². The van der Waals surface area contributed by atoms with Crippen LogP contribution in [0, 0.1) is 0 Å². The zero-order chi connectivity index (χ0) is 13.9. The smallest absolute Gasteiger partial charge is 0.253 e. The van der Waals surface area contributed by atoms with E-state index in [1.807, 2.05) is 18.2 Å². The van der Waals surface area contributed by atoms with E-state index in [1.165, 1.54) is 11.6 Å². The lowest BCUT2D eigenvalue weighted by Crippen LogP contribution is -2.42. The molecule has 1 unspecified atom stereocenters. The molecule has 1 aliphatic rings. The van der Waals surface area contributed by atoms with Gasteiger partial charge in [-0.15, -0.1) is 0 Å². The molecule has 0 saturated carbocycles. The number of benzene rings is 1. The number of fused-ring (bicyclic) bond motifs is 1. The number of rotatable bonds is 3. The molecule has 20 heavy (non-hydrogen) atoms. The summed E-state index contributed by atoms with van der Waals surface area (Å²) in [5.41, 5.74) is 2.52. The Morgan fingerprint density at radius 1 is 1.20 bits per heavy atom. The number of nitrogens with zero attached hydrogens (tertiary/aromatic N) is 1. The highest BCUT2D eigenvalue weighted by Gasteiger charge is 2.25. The average Bonchev–Trinajstić information content (AvgIpc) is 2.46. The number of amides is 1. The molecule has 3 rings (SSSR count). The van der Waals surface area contributed by atoms with Gasteiger partial charge in [0.1, 0.15) is 0 Å². The Hall–Kier alpha value is -2.36. The third-order valence-electron chi connectivity index (χ3n) is 3.60. The number of aryl methyl sites for hydroxylation is 1. The lowest BCUT2D eigenvalue weighted by molar-refractivity contribution is 0.0921. The first-order chi connectivity index (χ1) is 9.72. The highest BCUT2D eigenvalue weighted by Crippen LogP contribution is 2.20. The summed E-state index contributed by atoms with van der Waals surface area (Å²) in [6.45, 7) is 0. The SMILES string of the molecule is O=C1NC(CCc2ccccc2)Cc2nc(O)ccc21. The van der Waals surface area contributed by atoms with Crippen LogP contribution in [-0.4, -0.2) is 22.0 Å². The quantitative estimate of drug-likeness (QED) is 0.895. The van der Waals surface area contributed by atoms with Crippen LogP contribution in [0.5, 0.6) is 5.88 Å². The molecule has 2 heterocycles. The third kappa shape index (κ3) is 2.64. The van der Waals surface area contributed by atoms with Gasteiger partial charge in [0.2, 0.25) is 5.88 Å². The van der Waals surface area contributed by atoms with Crippen LogP contribution in [0.15, 0.2) is 42.5 Å². The van der Waals surface area contributed by atoms with Gasteiger partial charge < -0.3 is 10.4 Å². The van der Waals surface area contributed by atoms with Crippen LogP contribution in [0.1, 0.15) is 28.0 Å². The van der Waals surface area contributed by atoms with Crippen LogP contribution in [-0.2, 0) is 12.8 Å². The van der Waals surface area contributed by atoms with Gasteiger partial charge in [0, 0.05) is 18.5 Å². The Morgan fingerprint density at radius 2 is 2.00 bits per heavy atom. The third-order valence-corrected chi connectivity index (χ3v) is 3.60. The van der Waals surface area contributed by atoms with Crippen molar-refractivity contribution in [1.29, 1.82) is 0 Å². The molecule has 0 spiro atoms. The first kappa shape index (κ1) is 12.7. The zero-order valence-electron chi connectivity index (χ0n) is 11.0. The van der Waals surface area contributed by atoms with Gasteiger partial charge in [0.05, 0.1) is 11.3 Å². The van der Waals surface area contributed by atoms with Crippen LogP contribution in [0.4, 0.5) is 0 Å². The maximum absolute atomic E-state index is 12.0. The Bertz CT molecular complexity index is 626. The monoisotopic (exact) mass is 268 g/mol. The minimum absolute atomic E-state index is 0.0275. The molecule has 2 N–H and O–H groups in total. The summed E-state index contributed by atoms with van der Waals surface area (Å²) in [6.07, 6.45) is 2.45. The number of aromatic nitrogens is 1. The fraction of sp³-hybridized carbons (Fsp3) is 0.250. The maximum Gasteiger partial charge on any atom is 0.253 e.